The monoisotopic (exact) mass is 459 g/mol. The van der Waals surface area contributed by atoms with Gasteiger partial charge >= 0.3 is 6.09 Å². The first-order valence-electron chi connectivity index (χ1n) is 11.0. The third-order valence-electron chi connectivity index (χ3n) is 5.22. The molecule has 2 aromatic heterocycles. The highest BCUT2D eigenvalue weighted by Gasteiger charge is 2.22. The SMILES string of the molecule is CCN1CCCC1CNCc1ccc(C(=O)Nc2cscc2NC(=O)OC(C)(C)C)nc1. The minimum atomic E-state index is -0.601. The molecule has 1 atom stereocenters. The standard InChI is InChI=1S/C23H33N5O3S/c1-5-28-10-6-7-17(28)13-24-11-16-8-9-18(25-12-16)21(29)26-19-14-32-15-20(19)27-22(30)31-23(2,3)4/h8-9,12,14-15,17,24H,5-7,10-11,13H2,1-4H3,(H,26,29)(H,27,30). The molecule has 3 N–H and O–H groups in total. The molecule has 0 radical (unpaired) electrons. The Bertz CT molecular complexity index is 907. The van der Waals surface area contributed by atoms with Crippen molar-refractivity contribution in [1.82, 2.24) is 15.2 Å². The van der Waals surface area contributed by atoms with Gasteiger partial charge in [0.2, 0.25) is 0 Å². The third kappa shape index (κ3) is 7.01. The number of hydrogen-bond acceptors (Lipinski definition) is 7. The largest absolute Gasteiger partial charge is 0.444 e. The number of aromatic nitrogens is 1. The lowest BCUT2D eigenvalue weighted by atomic mass is 10.2. The van der Waals surface area contributed by atoms with E-state index in [1.165, 1.54) is 30.7 Å². The van der Waals surface area contributed by atoms with Crippen molar-refractivity contribution in [1.29, 1.82) is 0 Å². The van der Waals surface area contributed by atoms with E-state index in [1.54, 1.807) is 43.8 Å². The van der Waals surface area contributed by atoms with Crippen LogP contribution in [0.3, 0.4) is 0 Å². The van der Waals surface area contributed by atoms with Crippen LogP contribution >= 0.6 is 11.3 Å². The third-order valence-corrected chi connectivity index (χ3v) is 5.96. The summed E-state index contributed by atoms with van der Waals surface area (Å²) in [4.78, 5) is 31.4. The number of carbonyl (C=O) groups is 2. The number of nitrogens with one attached hydrogen (secondary N) is 3. The van der Waals surface area contributed by atoms with Gasteiger partial charge < -0.3 is 15.4 Å². The minimum absolute atomic E-state index is 0.316. The van der Waals surface area contributed by atoms with Gasteiger partial charge in [0.1, 0.15) is 11.3 Å². The Morgan fingerprint density at radius 1 is 1.22 bits per heavy atom. The van der Waals surface area contributed by atoms with Crippen molar-refractivity contribution in [2.75, 3.05) is 30.3 Å². The van der Waals surface area contributed by atoms with Crippen molar-refractivity contribution in [3.8, 4) is 0 Å². The van der Waals surface area contributed by atoms with Crippen LogP contribution in [0.25, 0.3) is 0 Å². The Kier molecular flexibility index (Phi) is 8.22. The second-order valence-corrected chi connectivity index (χ2v) is 9.63. The zero-order valence-electron chi connectivity index (χ0n) is 19.2. The van der Waals surface area contributed by atoms with E-state index in [0.29, 0.717) is 23.1 Å². The van der Waals surface area contributed by atoms with Gasteiger partial charge in [-0.2, -0.15) is 0 Å². The number of rotatable bonds is 8. The van der Waals surface area contributed by atoms with E-state index in [0.717, 1.165) is 25.2 Å². The number of thiophene rings is 1. The normalized spacial score (nSPS) is 16.7. The van der Waals surface area contributed by atoms with Gasteiger partial charge in [-0.05, 0) is 58.3 Å². The number of likely N-dealkylation sites (N-methyl/N-ethyl adjacent to an activating group) is 1. The fraction of sp³-hybridized carbons (Fsp3) is 0.522. The first kappa shape index (κ1) is 24.2. The molecule has 0 aliphatic carbocycles. The van der Waals surface area contributed by atoms with Crippen molar-refractivity contribution in [3.63, 3.8) is 0 Å². The fourth-order valence-corrected chi connectivity index (χ4v) is 4.39. The molecule has 1 unspecified atom stereocenters. The van der Waals surface area contributed by atoms with Crippen molar-refractivity contribution in [2.24, 2.45) is 0 Å². The van der Waals surface area contributed by atoms with E-state index in [-0.39, 0.29) is 5.91 Å². The molecule has 3 rings (SSSR count). The molecule has 3 heterocycles. The maximum atomic E-state index is 12.6. The summed E-state index contributed by atoms with van der Waals surface area (Å²) in [5.41, 5.74) is 1.75. The molecule has 0 aromatic carbocycles. The van der Waals surface area contributed by atoms with Crippen molar-refractivity contribution < 1.29 is 14.3 Å². The van der Waals surface area contributed by atoms with E-state index in [2.05, 4.69) is 32.8 Å². The molecule has 2 aromatic rings. The summed E-state index contributed by atoms with van der Waals surface area (Å²) < 4.78 is 5.27. The van der Waals surface area contributed by atoms with E-state index in [1.807, 2.05) is 6.07 Å². The summed E-state index contributed by atoms with van der Waals surface area (Å²) in [6, 6.07) is 4.23. The summed E-state index contributed by atoms with van der Waals surface area (Å²) in [5.74, 6) is -0.334. The van der Waals surface area contributed by atoms with Gasteiger partial charge in [0.05, 0.1) is 11.4 Å². The Morgan fingerprint density at radius 3 is 2.62 bits per heavy atom. The highest BCUT2D eigenvalue weighted by molar-refractivity contribution is 7.09. The quantitative estimate of drug-likeness (QED) is 0.544. The summed E-state index contributed by atoms with van der Waals surface area (Å²) in [6.07, 6.45) is 3.67. The van der Waals surface area contributed by atoms with Crippen LogP contribution in [-0.4, -0.2) is 53.2 Å². The van der Waals surface area contributed by atoms with E-state index in [9.17, 15) is 9.59 Å². The van der Waals surface area contributed by atoms with Gasteiger partial charge in [-0.25, -0.2) is 4.79 Å². The van der Waals surface area contributed by atoms with Crippen LogP contribution in [0.15, 0.2) is 29.1 Å². The molecule has 0 spiro atoms. The smallest absolute Gasteiger partial charge is 0.412 e. The molecular formula is C23H33N5O3S. The van der Waals surface area contributed by atoms with Gasteiger partial charge in [-0.15, -0.1) is 11.3 Å². The molecule has 0 saturated carbocycles. The highest BCUT2D eigenvalue weighted by Crippen LogP contribution is 2.27. The van der Waals surface area contributed by atoms with Gasteiger partial charge in [0.15, 0.2) is 0 Å². The first-order valence-corrected chi connectivity index (χ1v) is 12.0. The lowest BCUT2D eigenvalue weighted by Gasteiger charge is -2.22. The molecule has 1 fully saturated rings. The molecule has 1 saturated heterocycles. The Labute approximate surface area is 193 Å². The van der Waals surface area contributed by atoms with Crippen molar-refractivity contribution in [2.45, 2.75) is 58.7 Å². The van der Waals surface area contributed by atoms with Crippen LogP contribution < -0.4 is 16.0 Å². The minimum Gasteiger partial charge on any atom is -0.444 e. The lowest BCUT2D eigenvalue weighted by Crippen LogP contribution is -2.37. The van der Waals surface area contributed by atoms with Crippen LogP contribution in [0.1, 0.15) is 56.6 Å². The number of likely N-dealkylation sites (tertiary alicyclic amines) is 1. The highest BCUT2D eigenvalue weighted by atomic mass is 32.1. The maximum absolute atomic E-state index is 12.6. The molecule has 1 aliphatic heterocycles. The number of pyridine rings is 1. The van der Waals surface area contributed by atoms with Gasteiger partial charge in [-0.1, -0.05) is 13.0 Å². The van der Waals surface area contributed by atoms with Gasteiger partial charge in [0, 0.05) is 36.1 Å². The number of ether oxygens (including phenoxy) is 1. The summed E-state index contributed by atoms with van der Waals surface area (Å²) in [5, 5.41) is 12.5. The van der Waals surface area contributed by atoms with Gasteiger partial charge in [-0.3, -0.25) is 20.0 Å². The van der Waals surface area contributed by atoms with Crippen LogP contribution in [0.4, 0.5) is 16.2 Å². The molecule has 9 heteroatoms. The molecule has 1 aliphatic rings. The summed E-state index contributed by atoms with van der Waals surface area (Å²) in [6.45, 7) is 11.6. The second-order valence-electron chi connectivity index (χ2n) is 8.89. The average molecular weight is 460 g/mol. The summed E-state index contributed by atoms with van der Waals surface area (Å²) in [7, 11) is 0. The second kappa shape index (κ2) is 10.9. The molecule has 174 valence electrons. The van der Waals surface area contributed by atoms with E-state index < -0.39 is 11.7 Å². The maximum Gasteiger partial charge on any atom is 0.412 e. The zero-order valence-corrected chi connectivity index (χ0v) is 20.1. The van der Waals surface area contributed by atoms with Crippen molar-refractivity contribution >= 4 is 34.7 Å². The number of nitrogens with zero attached hydrogens (tertiary/aromatic N) is 2. The molecule has 2 amide bonds. The predicted octanol–water partition coefficient (Wildman–Crippen LogP) is 4.32. The predicted molar refractivity (Wildman–Crippen MR) is 128 cm³/mol. The average Bonchev–Trinajstić information content (AvgIpc) is 3.36. The molecular weight excluding hydrogens is 426 g/mol. The summed E-state index contributed by atoms with van der Waals surface area (Å²) >= 11 is 1.37. The first-order chi connectivity index (χ1) is 15.2. The number of amides is 2. The lowest BCUT2D eigenvalue weighted by molar-refractivity contribution is 0.0635. The van der Waals surface area contributed by atoms with Crippen LogP contribution in [-0.2, 0) is 11.3 Å². The van der Waals surface area contributed by atoms with E-state index >= 15 is 0 Å². The van der Waals surface area contributed by atoms with Gasteiger partial charge in [0.25, 0.3) is 5.91 Å². The fourth-order valence-electron chi connectivity index (χ4n) is 3.68. The van der Waals surface area contributed by atoms with E-state index in [4.69, 9.17) is 4.74 Å². The molecule has 8 nitrogen and oxygen atoms in total. The topological polar surface area (TPSA) is 95.6 Å². The van der Waals surface area contributed by atoms with Crippen molar-refractivity contribution in [3.05, 3.63) is 40.3 Å². The van der Waals surface area contributed by atoms with Crippen LogP contribution in [0.5, 0.6) is 0 Å². The van der Waals surface area contributed by atoms with Crippen LogP contribution in [0, 0.1) is 0 Å². The Balaban J connectivity index is 1.50. The number of anilines is 2. The number of hydrogen-bond donors (Lipinski definition) is 3. The zero-order chi connectivity index (χ0) is 23.1. The Morgan fingerprint density at radius 2 is 1.97 bits per heavy atom. The Hall–Kier alpha value is -2.49. The van der Waals surface area contributed by atoms with Crippen LogP contribution in [0.2, 0.25) is 0 Å². The number of carbonyl (C=O) groups excluding carboxylic acids is 2. The molecule has 0 bridgehead atoms. The molecule has 32 heavy (non-hydrogen) atoms.